The summed E-state index contributed by atoms with van der Waals surface area (Å²) in [5, 5.41) is 5.59. The van der Waals surface area contributed by atoms with Crippen LogP contribution in [0.1, 0.15) is 28.5 Å². The number of hydrogen-bond donors (Lipinski definition) is 1. The fraction of sp³-hybridized carbons (Fsp3) is 0.190. The highest BCUT2D eigenvalue weighted by Gasteiger charge is 2.15. The summed E-state index contributed by atoms with van der Waals surface area (Å²) >= 11 is 5.84. The number of esters is 1. The van der Waals surface area contributed by atoms with Gasteiger partial charge in [-0.2, -0.15) is 5.10 Å². The van der Waals surface area contributed by atoms with Gasteiger partial charge in [0.1, 0.15) is 6.54 Å². The van der Waals surface area contributed by atoms with Crippen molar-refractivity contribution in [2.24, 2.45) is 5.10 Å². The van der Waals surface area contributed by atoms with Crippen molar-refractivity contribution in [2.75, 3.05) is 6.61 Å². The SMILES string of the molecule is CCOC(=O)Cn1c(C)c(/C=N\NC(=O)c2ccc(Cl)cc2)c2ccccc21. The Morgan fingerprint density at radius 3 is 2.61 bits per heavy atom. The summed E-state index contributed by atoms with van der Waals surface area (Å²) in [7, 11) is 0. The van der Waals surface area contributed by atoms with E-state index in [2.05, 4.69) is 10.5 Å². The van der Waals surface area contributed by atoms with Crippen LogP contribution in [0, 0.1) is 6.92 Å². The molecule has 0 spiro atoms. The molecule has 1 N–H and O–H groups in total. The first kappa shape index (κ1) is 19.6. The second-order valence-electron chi connectivity index (χ2n) is 6.11. The van der Waals surface area contributed by atoms with Crippen LogP contribution in [0.5, 0.6) is 0 Å². The first-order chi connectivity index (χ1) is 13.5. The van der Waals surface area contributed by atoms with E-state index in [-0.39, 0.29) is 18.4 Å². The maximum Gasteiger partial charge on any atom is 0.325 e. The zero-order valence-corrected chi connectivity index (χ0v) is 16.4. The number of benzene rings is 2. The summed E-state index contributed by atoms with van der Waals surface area (Å²) in [5.41, 5.74) is 5.57. The molecule has 0 saturated carbocycles. The quantitative estimate of drug-likeness (QED) is 0.389. The van der Waals surface area contributed by atoms with Crippen molar-refractivity contribution in [3.63, 3.8) is 0 Å². The fourth-order valence-electron chi connectivity index (χ4n) is 2.98. The van der Waals surface area contributed by atoms with Crippen LogP contribution in [0.15, 0.2) is 53.6 Å². The lowest BCUT2D eigenvalue weighted by Gasteiger charge is -2.07. The minimum Gasteiger partial charge on any atom is -0.465 e. The Morgan fingerprint density at radius 1 is 1.18 bits per heavy atom. The number of carbonyl (C=O) groups is 2. The van der Waals surface area contributed by atoms with E-state index in [0.29, 0.717) is 17.2 Å². The Balaban J connectivity index is 1.85. The van der Waals surface area contributed by atoms with Gasteiger partial charge in [0.2, 0.25) is 0 Å². The Kier molecular flexibility index (Phi) is 6.11. The third kappa shape index (κ3) is 4.23. The van der Waals surface area contributed by atoms with E-state index in [4.69, 9.17) is 16.3 Å². The molecule has 0 radical (unpaired) electrons. The van der Waals surface area contributed by atoms with Gasteiger partial charge in [0.05, 0.1) is 12.8 Å². The molecule has 3 rings (SSSR count). The molecule has 3 aromatic rings. The third-order valence-electron chi connectivity index (χ3n) is 4.34. The van der Waals surface area contributed by atoms with E-state index >= 15 is 0 Å². The molecule has 28 heavy (non-hydrogen) atoms. The Morgan fingerprint density at radius 2 is 1.89 bits per heavy atom. The van der Waals surface area contributed by atoms with Gasteiger partial charge in [0, 0.05) is 32.7 Å². The molecule has 7 heteroatoms. The van der Waals surface area contributed by atoms with Crippen LogP contribution in [0.4, 0.5) is 0 Å². The van der Waals surface area contributed by atoms with E-state index in [1.165, 1.54) is 0 Å². The van der Waals surface area contributed by atoms with Crippen LogP contribution >= 0.6 is 11.6 Å². The number of nitrogens with zero attached hydrogens (tertiary/aromatic N) is 2. The number of nitrogens with one attached hydrogen (secondary N) is 1. The number of rotatable bonds is 6. The number of amides is 1. The molecule has 2 aromatic carbocycles. The number of hydrogen-bond acceptors (Lipinski definition) is 4. The maximum atomic E-state index is 12.2. The van der Waals surface area contributed by atoms with E-state index < -0.39 is 0 Å². The number of halogens is 1. The summed E-state index contributed by atoms with van der Waals surface area (Å²) in [5.74, 6) is -0.633. The van der Waals surface area contributed by atoms with Crippen molar-refractivity contribution in [1.29, 1.82) is 0 Å². The fourth-order valence-corrected chi connectivity index (χ4v) is 3.11. The van der Waals surface area contributed by atoms with Gasteiger partial charge < -0.3 is 9.30 Å². The molecule has 6 nitrogen and oxygen atoms in total. The molecule has 1 heterocycles. The first-order valence-electron chi connectivity index (χ1n) is 8.83. The number of aromatic nitrogens is 1. The van der Waals surface area contributed by atoms with Crippen molar-refractivity contribution in [2.45, 2.75) is 20.4 Å². The van der Waals surface area contributed by atoms with Gasteiger partial charge in [-0.05, 0) is 44.2 Å². The van der Waals surface area contributed by atoms with Crippen molar-refractivity contribution in [3.8, 4) is 0 Å². The maximum absolute atomic E-state index is 12.2. The lowest BCUT2D eigenvalue weighted by Crippen LogP contribution is -2.17. The van der Waals surface area contributed by atoms with Gasteiger partial charge in [-0.25, -0.2) is 5.43 Å². The molecular formula is C21H20ClN3O3. The molecule has 0 unspecified atom stereocenters. The number of fused-ring (bicyclic) bond motifs is 1. The van der Waals surface area contributed by atoms with Crippen LogP contribution in [-0.2, 0) is 16.1 Å². The highest BCUT2D eigenvalue weighted by atomic mass is 35.5. The van der Waals surface area contributed by atoms with Gasteiger partial charge in [-0.15, -0.1) is 0 Å². The number of carbonyl (C=O) groups excluding carboxylic acids is 2. The molecule has 1 amide bonds. The molecule has 0 saturated heterocycles. The van der Waals surface area contributed by atoms with E-state index in [9.17, 15) is 9.59 Å². The molecule has 0 atom stereocenters. The monoisotopic (exact) mass is 397 g/mol. The van der Waals surface area contributed by atoms with Gasteiger partial charge >= 0.3 is 5.97 Å². The van der Waals surface area contributed by atoms with E-state index in [1.807, 2.05) is 35.8 Å². The summed E-state index contributed by atoms with van der Waals surface area (Å²) in [6, 6.07) is 14.3. The molecule has 1 aromatic heterocycles. The summed E-state index contributed by atoms with van der Waals surface area (Å²) in [6.45, 7) is 4.13. The van der Waals surface area contributed by atoms with E-state index in [1.54, 1.807) is 37.4 Å². The van der Waals surface area contributed by atoms with Crippen molar-refractivity contribution >= 4 is 40.6 Å². The van der Waals surface area contributed by atoms with Gasteiger partial charge in [-0.3, -0.25) is 9.59 Å². The van der Waals surface area contributed by atoms with Crippen LogP contribution in [-0.4, -0.2) is 29.3 Å². The standard InChI is InChI=1S/C21H20ClN3O3/c1-3-28-20(26)13-25-14(2)18(17-6-4-5-7-19(17)25)12-23-24-21(27)15-8-10-16(22)11-9-15/h4-12H,3,13H2,1-2H3,(H,24,27)/b23-12-. The second-order valence-corrected chi connectivity index (χ2v) is 6.55. The average molecular weight is 398 g/mol. The number of hydrazone groups is 1. The van der Waals surface area contributed by atoms with Crippen molar-refractivity contribution in [3.05, 3.63) is 70.4 Å². The number of para-hydroxylation sites is 1. The summed E-state index contributed by atoms with van der Waals surface area (Å²) < 4.78 is 6.95. The predicted octanol–water partition coefficient (Wildman–Crippen LogP) is 3.93. The molecule has 0 aliphatic carbocycles. The molecule has 0 bridgehead atoms. The molecule has 0 aliphatic heterocycles. The Hall–Kier alpha value is -3.12. The highest BCUT2D eigenvalue weighted by Crippen LogP contribution is 2.24. The van der Waals surface area contributed by atoms with Crippen molar-refractivity contribution in [1.82, 2.24) is 9.99 Å². The largest absolute Gasteiger partial charge is 0.465 e. The second kappa shape index (κ2) is 8.71. The lowest BCUT2D eigenvalue weighted by molar-refractivity contribution is -0.143. The summed E-state index contributed by atoms with van der Waals surface area (Å²) in [6.07, 6.45) is 1.59. The third-order valence-corrected chi connectivity index (χ3v) is 4.59. The van der Waals surface area contributed by atoms with E-state index in [0.717, 1.165) is 22.2 Å². The topological polar surface area (TPSA) is 72.7 Å². The zero-order chi connectivity index (χ0) is 20.1. The molecule has 144 valence electrons. The Bertz CT molecular complexity index is 1040. The minimum atomic E-state index is -0.333. The van der Waals surface area contributed by atoms with Crippen LogP contribution in [0.3, 0.4) is 0 Å². The predicted molar refractivity (Wildman–Crippen MR) is 110 cm³/mol. The first-order valence-corrected chi connectivity index (χ1v) is 9.21. The van der Waals surface area contributed by atoms with Crippen LogP contribution in [0.2, 0.25) is 5.02 Å². The normalized spacial score (nSPS) is 11.1. The van der Waals surface area contributed by atoms with Crippen LogP contribution in [0.25, 0.3) is 10.9 Å². The average Bonchev–Trinajstić information content (AvgIpc) is 2.94. The molecule has 0 aliphatic rings. The lowest BCUT2D eigenvalue weighted by atomic mass is 10.1. The minimum absolute atomic E-state index is 0.116. The van der Waals surface area contributed by atoms with Gasteiger partial charge in [-0.1, -0.05) is 29.8 Å². The molecular weight excluding hydrogens is 378 g/mol. The summed E-state index contributed by atoms with van der Waals surface area (Å²) in [4.78, 5) is 24.1. The van der Waals surface area contributed by atoms with Gasteiger partial charge in [0.25, 0.3) is 5.91 Å². The van der Waals surface area contributed by atoms with Crippen molar-refractivity contribution < 1.29 is 14.3 Å². The smallest absolute Gasteiger partial charge is 0.325 e. The number of ether oxygens (including phenoxy) is 1. The molecule has 0 fully saturated rings. The van der Waals surface area contributed by atoms with Gasteiger partial charge in [0.15, 0.2) is 0 Å². The Labute approximate surface area is 167 Å². The van der Waals surface area contributed by atoms with Crippen LogP contribution < -0.4 is 5.43 Å². The highest BCUT2D eigenvalue weighted by molar-refractivity contribution is 6.30. The zero-order valence-electron chi connectivity index (χ0n) is 15.6.